The molecule has 0 atom stereocenters. The molecular weight excluding hydrogens is 278 g/mol. The molecule has 1 aliphatic heterocycles. The van der Waals surface area contributed by atoms with Crippen LogP contribution in [0.3, 0.4) is 0 Å². The zero-order valence-electron chi connectivity index (χ0n) is 12.8. The highest BCUT2D eigenvalue weighted by Gasteiger charge is 2.14. The lowest BCUT2D eigenvalue weighted by atomic mass is 10.1. The van der Waals surface area contributed by atoms with E-state index in [1.165, 1.54) is 0 Å². The Kier molecular flexibility index (Phi) is 4.00. The highest BCUT2D eigenvalue weighted by atomic mass is 16.6. The number of nitrogens with one attached hydrogen (secondary N) is 1. The summed E-state index contributed by atoms with van der Waals surface area (Å²) in [6.07, 6.45) is 0. The van der Waals surface area contributed by atoms with Crippen LogP contribution >= 0.6 is 0 Å². The van der Waals surface area contributed by atoms with Gasteiger partial charge in [-0.3, -0.25) is 4.79 Å². The quantitative estimate of drug-likeness (QED) is 0.947. The number of benzene rings is 2. The van der Waals surface area contributed by atoms with Crippen molar-refractivity contribution in [1.82, 2.24) is 5.32 Å². The maximum atomic E-state index is 12.2. The van der Waals surface area contributed by atoms with Crippen molar-refractivity contribution in [3.63, 3.8) is 0 Å². The van der Waals surface area contributed by atoms with Crippen LogP contribution in [-0.2, 0) is 6.54 Å². The van der Waals surface area contributed by atoms with Gasteiger partial charge in [-0.05, 0) is 49.2 Å². The first-order valence-corrected chi connectivity index (χ1v) is 7.37. The minimum Gasteiger partial charge on any atom is -0.486 e. The van der Waals surface area contributed by atoms with Crippen LogP contribution in [0.1, 0.15) is 27.0 Å². The second kappa shape index (κ2) is 6.10. The molecule has 1 aliphatic rings. The fourth-order valence-electron chi connectivity index (χ4n) is 2.41. The number of hydrogen-bond donors (Lipinski definition) is 1. The summed E-state index contributed by atoms with van der Waals surface area (Å²) >= 11 is 0. The minimum absolute atomic E-state index is 0.0747. The first kappa shape index (κ1) is 14.4. The van der Waals surface area contributed by atoms with Gasteiger partial charge >= 0.3 is 0 Å². The second-order valence-corrected chi connectivity index (χ2v) is 5.47. The lowest BCUT2D eigenvalue weighted by molar-refractivity contribution is 0.0950. The van der Waals surface area contributed by atoms with Crippen molar-refractivity contribution >= 4 is 5.91 Å². The molecule has 0 saturated carbocycles. The molecule has 1 N–H and O–H groups in total. The molecule has 0 saturated heterocycles. The van der Waals surface area contributed by atoms with Crippen LogP contribution in [0.4, 0.5) is 0 Å². The van der Waals surface area contributed by atoms with Crippen molar-refractivity contribution < 1.29 is 14.3 Å². The maximum absolute atomic E-state index is 12.2. The van der Waals surface area contributed by atoms with Gasteiger partial charge in [0.2, 0.25) is 0 Å². The van der Waals surface area contributed by atoms with Gasteiger partial charge in [0.25, 0.3) is 5.91 Å². The van der Waals surface area contributed by atoms with Gasteiger partial charge < -0.3 is 14.8 Å². The molecule has 22 heavy (non-hydrogen) atoms. The van der Waals surface area contributed by atoms with Gasteiger partial charge in [0, 0.05) is 12.1 Å². The van der Waals surface area contributed by atoms with Gasteiger partial charge in [-0.1, -0.05) is 17.7 Å². The summed E-state index contributed by atoms with van der Waals surface area (Å²) in [5.74, 6) is 1.45. The Morgan fingerprint density at radius 2 is 1.68 bits per heavy atom. The van der Waals surface area contributed by atoms with E-state index in [0.717, 1.165) is 28.2 Å². The van der Waals surface area contributed by atoms with E-state index >= 15 is 0 Å². The Hall–Kier alpha value is -2.49. The molecule has 0 fully saturated rings. The van der Waals surface area contributed by atoms with E-state index < -0.39 is 0 Å². The van der Waals surface area contributed by atoms with Crippen molar-refractivity contribution in [1.29, 1.82) is 0 Å². The molecule has 4 heteroatoms. The number of hydrogen-bond acceptors (Lipinski definition) is 3. The molecule has 4 nitrogen and oxygen atoms in total. The van der Waals surface area contributed by atoms with Crippen LogP contribution in [0, 0.1) is 13.8 Å². The SMILES string of the molecule is Cc1ccc(C(=O)NCc2cc3c(cc2C)OCCO3)cc1. The van der Waals surface area contributed by atoms with E-state index in [4.69, 9.17) is 9.47 Å². The molecule has 0 aliphatic carbocycles. The summed E-state index contributed by atoms with van der Waals surface area (Å²) in [4.78, 5) is 12.2. The normalized spacial score (nSPS) is 12.8. The second-order valence-electron chi connectivity index (χ2n) is 5.47. The van der Waals surface area contributed by atoms with E-state index in [1.54, 1.807) is 0 Å². The Bertz CT molecular complexity index is 692. The summed E-state index contributed by atoms with van der Waals surface area (Å²) in [6, 6.07) is 11.4. The van der Waals surface area contributed by atoms with Crippen LogP contribution < -0.4 is 14.8 Å². The average molecular weight is 297 g/mol. The zero-order valence-corrected chi connectivity index (χ0v) is 12.8. The molecular formula is C18H19NO3. The Morgan fingerprint density at radius 1 is 1.05 bits per heavy atom. The van der Waals surface area contributed by atoms with Crippen molar-refractivity contribution in [2.75, 3.05) is 13.2 Å². The maximum Gasteiger partial charge on any atom is 0.251 e. The largest absolute Gasteiger partial charge is 0.486 e. The van der Waals surface area contributed by atoms with Crippen LogP contribution in [0.25, 0.3) is 0 Å². The van der Waals surface area contributed by atoms with E-state index in [-0.39, 0.29) is 5.91 Å². The fourth-order valence-corrected chi connectivity index (χ4v) is 2.41. The molecule has 0 radical (unpaired) electrons. The number of ether oxygens (including phenoxy) is 2. The Balaban J connectivity index is 1.71. The number of amides is 1. The smallest absolute Gasteiger partial charge is 0.251 e. The summed E-state index contributed by atoms with van der Waals surface area (Å²) < 4.78 is 11.1. The molecule has 0 aromatic heterocycles. The molecule has 1 amide bonds. The summed E-state index contributed by atoms with van der Waals surface area (Å²) in [7, 11) is 0. The fraction of sp³-hybridized carbons (Fsp3) is 0.278. The number of carbonyl (C=O) groups excluding carboxylic acids is 1. The number of fused-ring (bicyclic) bond motifs is 1. The molecule has 3 rings (SSSR count). The summed E-state index contributed by atoms with van der Waals surface area (Å²) in [5.41, 5.74) is 3.91. The lowest BCUT2D eigenvalue weighted by Gasteiger charge is -2.20. The van der Waals surface area contributed by atoms with Crippen molar-refractivity contribution in [2.24, 2.45) is 0 Å². The molecule has 114 valence electrons. The lowest BCUT2D eigenvalue weighted by Crippen LogP contribution is -2.23. The minimum atomic E-state index is -0.0747. The van der Waals surface area contributed by atoms with Gasteiger partial charge in [0.05, 0.1) is 0 Å². The van der Waals surface area contributed by atoms with E-state index in [0.29, 0.717) is 25.3 Å². The van der Waals surface area contributed by atoms with E-state index in [1.807, 2.05) is 50.2 Å². The Morgan fingerprint density at radius 3 is 2.36 bits per heavy atom. The predicted molar refractivity (Wildman–Crippen MR) is 84.5 cm³/mol. The zero-order chi connectivity index (χ0) is 15.5. The summed E-state index contributed by atoms with van der Waals surface area (Å²) in [6.45, 7) is 5.61. The number of aryl methyl sites for hydroxylation is 2. The van der Waals surface area contributed by atoms with E-state index in [9.17, 15) is 4.79 Å². The van der Waals surface area contributed by atoms with Gasteiger partial charge in [-0.15, -0.1) is 0 Å². The first-order valence-electron chi connectivity index (χ1n) is 7.37. The molecule has 2 aromatic carbocycles. The Labute approximate surface area is 130 Å². The molecule has 0 spiro atoms. The van der Waals surface area contributed by atoms with Gasteiger partial charge in [-0.2, -0.15) is 0 Å². The molecule has 2 aromatic rings. The van der Waals surface area contributed by atoms with Crippen LogP contribution in [0.2, 0.25) is 0 Å². The topological polar surface area (TPSA) is 47.6 Å². The predicted octanol–water partition coefficient (Wildman–Crippen LogP) is 3.00. The first-order chi connectivity index (χ1) is 10.6. The van der Waals surface area contributed by atoms with Crippen molar-refractivity contribution in [2.45, 2.75) is 20.4 Å². The standard InChI is InChI=1S/C18H19NO3/c1-12-3-5-14(6-4-12)18(20)19-11-15-10-17-16(9-13(15)2)21-7-8-22-17/h3-6,9-10H,7-8,11H2,1-2H3,(H,19,20). The van der Waals surface area contributed by atoms with Gasteiger partial charge in [0.1, 0.15) is 13.2 Å². The third-order valence-electron chi connectivity index (χ3n) is 3.75. The molecule has 0 bridgehead atoms. The number of rotatable bonds is 3. The number of carbonyl (C=O) groups is 1. The van der Waals surface area contributed by atoms with Crippen LogP contribution in [0.15, 0.2) is 36.4 Å². The highest BCUT2D eigenvalue weighted by molar-refractivity contribution is 5.94. The van der Waals surface area contributed by atoms with E-state index in [2.05, 4.69) is 5.32 Å². The average Bonchev–Trinajstić information content (AvgIpc) is 2.53. The summed E-state index contributed by atoms with van der Waals surface area (Å²) in [5, 5.41) is 2.95. The van der Waals surface area contributed by atoms with Crippen LogP contribution in [0.5, 0.6) is 11.5 Å². The highest BCUT2D eigenvalue weighted by Crippen LogP contribution is 2.32. The van der Waals surface area contributed by atoms with Crippen molar-refractivity contribution in [3.8, 4) is 11.5 Å². The third-order valence-corrected chi connectivity index (χ3v) is 3.75. The van der Waals surface area contributed by atoms with Crippen LogP contribution in [-0.4, -0.2) is 19.1 Å². The monoisotopic (exact) mass is 297 g/mol. The molecule has 1 heterocycles. The van der Waals surface area contributed by atoms with Crippen molar-refractivity contribution in [3.05, 3.63) is 58.7 Å². The molecule has 0 unspecified atom stereocenters. The van der Waals surface area contributed by atoms with Gasteiger partial charge in [0.15, 0.2) is 11.5 Å². The van der Waals surface area contributed by atoms with Gasteiger partial charge in [-0.25, -0.2) is 0 Å². The third kappa shape index (κ3) is 3.06.